The van der Waals surface area contributed by atoms with Gasteiger partial charge in [-0.2, -0.15) is 11.3 Å². The van der Waals surface area contributed by atoms with Gasteiger partial charge in [0.2, 0.25) is 0 Å². The van der Waals surface area contributed by atoms with Crippen LogP contribution in [0.1, 0.15) is 17.0 Å². The summed E-state index contributed by atoms with van der Waals surface area (Å²) in [7, 11) is 0. The molecule has 0 unspecified atom stereocenters. The minimum atomic E-state index is 0. The first-order valence-corrected chi connectivity index (χ1v) is 17.1. The van der Waals surface area contributed by atoms with Gasteiger partial charge in [-0.3, -0.25) is 9.97 Å². The predicted octanol–water partition coefficient (Wildman–Crippen LogP) is 11.4. The van der Waals surface area contributed by atoms with E-state index in [1.54, 1.807) is 6.20 Å². The Morgan fingerprint density at radius 1 is 0.700 bits per heavy atom. The maximum atomic E-state index is 5.19. The number of hydrogen-bond acceptors (Lipinski definition) is 4. The summed E-state index contributed by atoms with van der Waals surface area (Å²) in [5.74, 6) is 0.900. The molecule has 0 aliphatic carbocycles. The van der Waals surface area contributed by atoms with Gasteiger partial charge < -0.3 is 9.55 Å². The zero-order valence-corrected chi connectivity index (χ0v) is 31.0. The largest absolute Gasteiger partial charge is 0.333 e. The average Bonchev–Trinajstić information content (AvgIpc) is 3.73. The van der Waals surface area contributed by atoms with Crippen LogP contribution in [0, 0.1) is 32.9 Å². The van der Waals surface area contributed by atoms with Gasteiger partial charge >= 0.3 is 0 Å². The number of fused-ring (bicyclic) bond motifs is 4. The van der Waals surface area contributed by atoms with E-state index in [0.717, 1.165) is 50.8 Å². The second-order valence-corrected chi connectivity index (χ2v) is 13.1. The minimum absolute atomic E-state index is 0. The molecule has 0 N–H and O–H groups in total. The van der Waals surface area contributed by atoms with Crippen LogP contribution >= 0.6 is 11.3 Å². The summed E-state index contributed by atoms with van der Waals surface area (Å²) in [4.78, 5) is 14.1. The Morgan fingerprint density at radius 2 is 1.46 bits per heavy atom. The van der Waals surface area contributed by atoms with E-state index < -0.39 is 0 Å². The molecule has 50 heavy (non-hydrogen) atoms. The number of benzene rings is 5. The van der Waals surface area contributed by atoms with Gasteiger partial charge in [-0.05, 0) is 71.1 Å². The summed E-state index contributed by atoms with van der Waals surface area (Å²) in [5.41, 5.74) is 11.7. The van der Waals surface area contributed by atoms with E-state index in [9.17, 15) is 0 Å². The first-order valence-electron chi connectivity index (χ1n) is 16.3. The number of aromatic nitrogens is 4. The van der Waals surface area contributed by atoms with Crippen molar-refractivity contribution in [3.8, 4) is 39.5 Å². The van der Waals surface area contributed by atoms with Crippen LogP contribution in [0.25, 0.3) is 70.7 Å². The normalized spacial score (nSPS) is 10.9. The van der Waals surface area contributed by atoms with E-state index in [1.807, 2.05) is 73.7 Å². The molecule has 9 rings (SSSR count). The summed E-state index contributed by atoms with van der Waals surface area (Å²) in [6.45, 7) is 6.26. The topological polar surface area (TPSA) is 43.6 Å². The van der Waals surface area contributed by atoms with Crippen molar-refractivity contribution in [2.75, 3.05) is 0 Å². The number of aryl methyl sites for hydroxylation is 3. The molecule has 4 nitrogen and oxygen atoms in total. The van der Waals surface area contributed by atoms with E-state index in [4.69, 9.17) is 9.97 Å². The molecule has 6 heteroatoms. The first-order chi connectivity index (χ1) is 24.0. The van der Waals surface area contributed by atoms with Gasteiger partial charge in [0.1, 0.15) is 0 Å². The Kier molecular flexibility index (Phi) is 9.51. The van der Waals surface area contributed by atoms with E-state index in [1.165, 1.54) is 36.9 Å². The molecule has 0 aliphatic heterocycles. The number of pyridine rings is 2. The Hall–Kier alpha value is -5.26. The van der Waals surface area contributed by atoms with Crippen molar-refractivity contribution >= 4 is 42.5 Å². The number of hydrogen-bond donors (Lipinski definition) is 0. The fraction of sp³-hybridized carbons (Fsp3) is 0.0682. The molecule has 0 atom stereocenters. The van der Waals surface area contributed by atoms with Crippen molar-refractivity contribution < 1.29 is 20.1 Å². The van der Waals surface area contributed by atoms with Crippen LogP contribution in [-0.2, 0) is 20.1 Å². The van der Waals surface area contributed by atoms with Gasteiger partial charge in [0, 0.05) is 42.4 Å². The van der Waals surface area contributed by atoms with Crippen LogP contribution in [0.15, 0.2) is 140 Å². The molecular weight excluding hydrogens is 809 g/mol. The van der Waals surface area contributed by atoms with E-state index in [-0.39, 0.29) is 20.1 Å². The number of imidazole rings is 1. The summed E-state index contributed by atoms with van der Waals surface area (Å²) in [5, 5.41) is 2.56. The zero-order chi connectivity index (χ0) is 33.3. The van der Waals surface area contributed by atoms with Gasteiger partial charge in [0.05, 0.1) is 22.6 Å². The molecule has 4 aromatic heterocycles. The third kappa shape index (κ3) is 6.30. The third-order valence-corrected chi connectivity index (χ3v) is 9.85. The molecule has 0 saturated carbocycles. The zero-order valence-electron chi connectivity index (χ0n) is 27.8. The van der Waals surface area contributed by atoms with Gasteiger partial charge in [-0.15, -0.1) is 53.6 Å². The summed E-state index contributed by atoms with van der Waals surface area (Å²) >= 11 is 1.83. The molecule has 0 fully saturated rings. The molecule has 0 spiro atoms. The Bertz CT molecular complexity index is 2520. The fourth-order valence-corrected chi connectivity index (χ4v) is 7.73. The van der Waals surface area contributed by atoms with Crippen LogP contribution in [0.2, 0.25) is 0 Å². The van der Waals surface area contributed by atoms with Crippen molar-refractivity contribution in [1.82, 2.24) is 19.5 Å². The standard InChI is InChI=1S/C33H24N3S.C11H8N.Ir/c1-20-14-16-27(32-30(20)26-17-15-24(19-29(26)37-32)23-10-6-4-7-11-23)33-35-31-22(3)34-21(2)18-28(31)36(33)25-12-8-5-9-13-25;1-2-6-10(7-3-1)11-8-4-5-9-12-11;/h4-15,17-19H,1-3H3;1-6,8-9H;/q2*-1;. The molecule has 9 aromatic rings. The second kappa shape index (κ2) is 14.3. The Balaban J connectivity index is 0.000000255. The van der Waals surface area contributed by atoms with Gasteiger partial charge in [0.15, 0.2) is 0 Å². The van der Waals surface area contributed by atoms with Crippen LogP contribution in [0.4, 0.5) is 0 Å². The summed E-state index contributed by atoms with van der Waals surface area (Å²) in [6.07, 6.45) is 1.79. The van der Waals surface area contributed by atoms with Crippen molar-refractivity contribution in [3.63, 3.8) is 0 Å². The van der Waals surface area contributed by atoms with Crippen LogP contribution in [-0.4, -0.2) is 19.5 Å². The van der Waals surface area contributed by atoms with Gasteiger partial charge in [-0.1, -0.05) is 90.7 Å². The smallest absolute Gasteiger partial charge is 0.0986 e. The summed E-state index contributed by atoms with van der Waals surface area (Å²) < 4.78 is 4.75. The van der Waals surface area contributed by atoms with E-state index in [0.29, 0.717) is 0 Å². The third-order valence-electron chi connectivity index (χ3n) is 8.68. The van der Waals surface area contributed by atoms with Gasteiger partial charge in [0.25, 0.3) is 0 Å². The second-order valence-electron chi connectivity index (χ2n) is 12.0. The van der Waals surface area contributed by atoms with Crippen molar-refractivity contribution in [3.05, 3.63) is 169 Å². The quantitative estimate of drug-likeness (QED) is 0.166. The molecule has 4 heterocycles. The molecule has 0 amide bonds. The van der Waals surface area contributed by atoms with Crippen LogP contribution in [0.5, 0.6) is 0 Å². The molecule has 245 valence electrons. The molecule has 1 radical (unpaired) electrons. The van der Waals surface area contributed by atoms with Crippen LogP contribution in [0.3, 0.4) is 0 Å². The average molecular weight is 841 g/mol. The summed E-state index contributed by atoms with van der Waals surface area (Å²) in [6, 6.07) is 52.5. The Morgan fingerprint density at radius 3 is 2.20 bits per heavy atom. The van der Waals surface area contributed by atoms with Gasteiger partial charge in [-0.25, -0.2) is 0 Å². The first kappa shape index (κ1) is 33.2. The number of rotatable bonds is 4. The fourth-order valence-electron chi connectivity index (χ4n) is 6.42. The molecule has 0 saturated heterocycles. The van der Waals surface area contributed by atoms with E-state index in [2.05, 4.69) is 114 Å². The van der Waals surface area contributed by atoms with Crippen molar-refractivity contribution in [2.24, 2.45) is 0 Å². The van der Waals surface area contributed by atoms with Crippen molar-refractivity contribution in [2.45, 2.75) is 20.8 Å². The number of para-hydroxylation sites is 1. The SMILES string of the molecule is Cc1cc2c(nc(-c3[c-]cc(C)c4c3sc3cc(-c5ccccc5)ccc34)n2-c2ccccc2)c(C)n1.[Ir].[c-]1ccccc1-c1ccccn1. The maximum absolute atomic E-state index is 5.19. The number of thiophene rings is 1. The molecule has 0 bridgehead atoms. The predicted molar refractivity (Wildman–Crippen MR) is 204 cm³/mol. The molecule has 5 aromatic carbocycles. The number of nitrogens with zero attached hydrogens (tertiary/aromatic N) is 4. The van der Waals surface area contributed by atoms with Crippen LogP contribution < -0.4 is 0 Å². The minimum Gasteiger partial charge on any atom is -0.333 e. The Labute approximate surface area is 309 Å². The molecular formula is C44H32IrN4S-2. The van der Waals surface area contributed by atoms with Crippen molar-refractivity contribution in [1.29, 1.82) is 0 Å². The molecule has 0 aliphatic rings. The monoisotopic (exact) mass is 841 g/mol. The maximum Gasteiger partial charge on any atom is 0.0986 e. The van der Waals surface area contributed by atoms with E-state index >= 15 is 0 Å².